The van der Waals surface area contributed by atoms with Gasteiger partial charge in [0.25, 0.3) is 0 Å². The Balaban J connectivity index is 1.91. The van der Waals surface area contributed by atoms with E-state index in [4.69, 9.17) is 0 Å². The van der Waals surface area contributed by atoms with Crippen LogP contribution in [0.15, 0.2) is 9.98 Å². The van der Waals surface area contributed by atoms with Crippen molar-refractivity contribution in [2.75, 3.05) is 11.1 Å². The van der Waals surface area contributed by atoms with E-state index in [-0.39, 0.29) is 11.2 Å². The SMILES string of the molecule is O=C(Nc1ncc(Br)s1)C1CCCCS1. The van der Waals surface area contributed by atoms with Gasteiger partial charge < -0.3 is 5.32 Å². The molecule has 1 atom stereocenters. The summed E-state index contributed by atoms with van der Waals surface area (Å²) in [5.41, 5.74) is 0. The van der Waals surface area contributed by atoms with Gasteiger partial charge in [0.05, 0.1) is 15.2 Å². The molecule has 82 valence electrons. The zero-order valence-electron chi connectivity index (χ0n) is 8.03. The van der Waals surface area contributed by atoms with Gasteiger partial charge in [-0.05, 0) is 34.5 Å². The Kier molecular flexibility index (Phi) is 4.05. The lowest BCUT2D eigenvalue weighted by Gasteiger charge is -2.19. The van der Waals surface area contributed by atoms with Gasteiger partial charge in [0.1, 0.15) is 0 Å². The number of thiazole rings is 1. The van der Waals surface area contributed by atoms with Gasteiger partial charge in [-0.1, -0.05) is 17.8 Å². The summed E-state index contributed by atoms with van der Waals surface area (Å²) in [7, 11) is 0. The van der Waals surface area contributed by atoms with Gasteiger partial charge in [-0.15, -0.1) is 11.8 Å². The molecule has 0 radical (unpaired) electrons. The molecular formula is C9H11BrN2OS2. The molecule has 1 aliphatic heterocycles. The van der Waals surface area contributed by atoms with E-state index in [1.54, 1.807) is 18.0 Å². The Hall–Kier alpha value is -0.0700. The van der Waals surface area contributed by atoms with Crippen molar-refractivity contribution in [3.8, 4) is 0 Å². The Bertz CT molecular complexity index is 350. The molecule has 2 rings (SSSR count). The monoisotopic (exact) mass is 306 g/mol. The normalized spacial score (nSPS) is 21.3. The maximum absolute atomic E-state index is 11.8. The first-order valence-electron chi connectivity index (χ1n) is 4.79. The summed E-state index contributed by atoms with van der Waals surface area (Å²) in [4.78, 5) is 15.9. The number of amides is 1. The van der Waals surface area contributed by atoms with E-state index in [2.05, 4.69) is 26.2 Å². The first kappa shape index (κ1) is 11.4. The van der Waals surface area contributed by atoms with Gasteiger partial charge in [0.2, 0.25) is 5.91 Å². The van der Waals surface area contributed by atoms with E-state index in [0.717, 1.165) is 22.4 Å². The van der Waals surface area contributed by atoms with Crippen LogP contribution in [-0.4, -0.2) is 21.9 Å². The van der Waals surface area contributed by atoms with E-state index in [0.29, 0.717) is 5.13 Å². The number of carbonyl (C=O) groups is 1. The minimum atomic E-state index is 0.0987. The molecule has 15 heavy (non-hydrogen) atoms. The quantitative estimate of drug-likeness (QED) is 0.913. The second-order valence-corrected chi connectivity index (χ2v) is 7.03. The van der Waals surface area contributed by atoms with E-state index in [9.17, 15) is 4.79 Å². The number of nitrogens with one attached hydrogen (secondary N) is 1. The van der Waals surface area contributed by atoms with Crippen molar-refractivity contribution in [1.29, 1.82) is 0 Å². The molecule has 1 aromatic rings. The maximum Gasteiger partial charge on any atom is 0.239 e. The van der Waals surface area contributed by atoms with Crippen molar-refractivity contribution in [2.45, 2.75) is 24.5 Å². The van der Waals surface area contributed by atoms with Gasteiger partial charge in [0, 0.05) is 0 Å². The number of hydrogen-bond donors (Lipinski definition) is 1. The molecule has 2 heterocycles. The van der Waals surface area contributed by atoms with Crippen LogP contribution in [-0.2, 0) is 4.79 Å². The minimum absolute atomic E-state index is 0.0987. The summed E-state index contributed by atoms with van der Waals surface area (Å²) in [6.45, 7) is 0. The number of nitrogens with zero attached hydrogens (tertiary/aromatic N) is 1. The predicted octanol–water partition coefficient (Wildman–Crippen LogP) is 3.13. The van der Waals surface area contributed by atoms with Crippen molar-refractivity contribution in [2.24, 2.45) is 0 Å². The predicted molar refractivity (Wildman–Crippen MR) is 68.5 cm³/mol. The van der Waals surface area contributed by atoms with E-state index in [1.807, 2.05) is 0 Å². The molecule has 1 unspecified atom stereocenters. The van der Waals surface area contributed by atoms with Crippen molar-refractivity contribution in [3.63, 3.8) is 0 Å². The molecule has 0 spiro atoms. The standard InChI is InChI=1S/C9H11BrN2OS2/c10-7-5-11-9(15-7)12-8(13)6-3-1-2-4-14-6/h5-6H,1-4H2,(H,11,12,13). The summed E-state index contributed by atoms with van der Waals surface area (Å²) >= 11 is 6.51. The number of rotatable bonds is 2. The Morgan fingerprint density at radius 2 is 2.47 bits per heavy atom. The summed E-state index contributed by atoms with van der Waals surface area (Å²) in [5.74, 6) is 1.20. The van der Waals surface area contributed by atoms with Crippen molar-refractivity contribution in [1.82, 2.24) is 4.98 Å². The number of thioether (sulfide) groups is 1. The molecular weight excluding hydrogens is 296 g/mol. The molecule has 1 aliphatic rings. The summed E-state index contributed by atoms with van der Waals surface area (Å²) in [5, 5.41) is 3.64. The topological polar surface area (TPSA) is 42.0 Å². The van der Waals surface area contributed by atoms with Gasteiger partial charge in [-0.25, -0.2) is 4.98 Å². The van der Waals surface area contributed by atoms with Crippen LogP contribution in [0.5, 0.6) is 0 Å². The van der Waals surface area contributed by atoms with Crippen LogP contribution in [0.25, 0.3) is 0 Å². The highest BCUT2D eigenvalue weighted by Gasteiger charge is 2.22. The number of anilines is 1. The van der Waals surface area contributed by atoms with Crippen LogP contribution >= 0.6 is 39.0 Å². The molecule has 1 amide bonds. The van der Waals surface area contributed by atoms with Gasteiger partial charge >= 0.3 is 0 Å². The van der Waals surface area contributed by atoms with Crippen LogP contribution in [0.3, 0.4) is 0 Å². The molecule has 1 saturated heterocycles. The van der Waals surface area contributed by atoms with E-state index in [1.165, 1.54) is 17.8 Å². The first-order chi connectivity index (χ1) is 7.25. The summed E-state index contributed by atoms with van der Waals surface area (Å²) in [6.07, 6.45) is 5.08. The third-order valence-corrected chi connectivity index (χ3v) is 4.95. The number of hydrogen-bond acceptors (Lipinski definition) is 4. The molecule has 3 nitrogen and oxygen atoms in total. The third kappa shape index (κ3) is 3.19. The molecule has 0 saturated carbocycles. The van der Waals surface area contributed by atoms with E-state index >= 15 is 0 Å². The van der Waals surface area contributed by atoms with E-state index < -0.39 is 0 Å². The molecule has 1 N–H and O–H groups in total. The fraction of sp³-hybridized carbons (Fsp3) is 0.556. The average Bonchev–Trinajstić information content (AvgIpc) is 2.65. The van der Waals surface area contributed by atoms with Gasteiger partial charge in [-0.2, -0.15) is 0 Å². The van der Waals surface area contributed by atoms with Crippen molar-refractivity contribution in [3.05, 3.63) is 9.98 Å². The van der Waals surface area contributed by atoms with Crippen molar-refractivity contribution >= 4 is 50.1 Å². The zero-order chi connectivity index (χ0) is 10.7. The second kappa shape index (κ2) is 5.32. The highest BCUT2D eigenvalue weighted by molar-refractivity contribution is 9.11. The van der Waals surface area contributed by atoms with Gasteiger partial charge in [0.15, 0.2) is 5.13 Å². The molecule has 6 heteroatoms. The maximum atomic E-state index is 11.8. The summed E-state index contributed by atoms with van der Waals surface area (Å²) in [6, 6.07) is 0. The van der Waals surface area contributed by atoms with Crippen LogP contribution in [0, 0.1) is 0 Å². The van der Waals surface area contributed by atoms with Crippen LogP contribution in [0.1, 0.15) is 19.3 Å². The third-order valence-electron chi connectivity index (χ3n) is 2.18. The fourth-order valence-electron chi connectivity index (χ4n) is 1.45. The van der Waals surface area contributed by atoms with Crippen LogP contribution in [0.4, 0.5) is 5.13 Å². The minimum Gasteiger partial charge on any atom is -0.301 e. The zero-order valence-corrected chi connectivity index (χ0v) is 11.3. The number of halogens is 1. The lowest BCUT2D eigenvalue weighted by atomic mass is 10.2. The second-order valence-electron chi connectivity index (χ2n) is 3.31. The first-order valence-corrected chi connectivity index (χ1v) is 7.45. The Labute approximate surface area is 105 Å². The van der Waals surface area contributed by atoms with Crippen LogP contribution in [0.2, 0.25) is 0 Å². The smallest absolute Gasteiger partial charge is 0.239 e. The largest absolute Gasteiger partial charge is 0.301 e. The highest BCUT2D eigenvalue weighted by atomic mass is 79.9. The van der Waals surface area contributed by atoms with Crippen molar-refractivity contribution < 1.29 is 4.79 Å². The summed E-state index contributed by atoms with van der Waals surface area (Å²) < 4.78 is 0.939. The molecule has 0 bridgehead atoms. The lowest BCUT2D eigenvalue weighted by molar-refractivity contribution is -0.115. The Morgan fingerprint density at radius 1 is 1.60 bits per heavy atom. The molecule has 1 fully saturated rings. The van der Waals surface area contributed by atoms with Gasteiger partial charge in [-0.3, -0.25) is 4.79 Å². The number of aromatic nitrogens is 1. The highest BCUT2D eigenvalue weighted by Crippen LogP contribution is 2.28. The average molecular weight is 307 g/mol. The molecule has 0 aromatic carbocycles. The molecule has 1 aromatic heterocycles. The Morgan fingerprint density at radius 3 is 3.07 bits per heavy atom. The fourth-order valence-corrected chi connectivity index (χ4v) is 3.75. The number of carbonyl (C=O) groups excluding carboxylic acids is 1. The molecule has 0 aliphatic carbocycles. The lowest BCUT2D eigenvalue weighted by Crippen LogP contribution is -2.27. The van der Waals surface area contributed by atoms with Crippen LogP contribution < -0.4 is 5.32 Å².